The number of thiocarbonyl (C=S) groups is 1. The van der Waals surface area contributed by atoms with Crippen molar-refractivity contribution in [2.75, 3.05) is 20.3 Å². The highest BCUT2D eigenvalue weighted by molar-refractivity contribution is 7.80. The van der Waals surface area contributed by atoms with E-state index in [1.165, 1.54) is 0 Å². The average Bonchev–Trinajstić information content (AvgIpc) is 2.75. The number of hydrogen-bond acceptors (Lipinski definition) is 4. The summed E-state index contributed by atoms with van der Waals surface area (Å²) < 4.78 is 7.12. The molecule has 0 fully saturated rings. The van der Waals surface area contributed by atoms with Gasteiger partial charge in [-0.1, -0.05) is 0 Å². The Hall–Kier alpha value is -1.21. The van der Waals surface area contributed by atoms with Gasteiger partial charge in [0.25, 0.3) is 0 Å². The lowest BCUT2D eigenvalue weighted by molar-refractivity contribution is 0.177. The van der Waals surface area contributed by atoms with E-state index >= 15 is 0 Å². The van der Waals surface area contributed by atoms with E-state index in [0.29, 0.717) is 13.2 Å². The maximum Gasteiger partial charge on any atom is 0.169 e. The lowest BCUT2D eigenvalue weighted by atomic mass is 10.3. The molecule has 1 aliphatic heterocycles. The van der Waals surface area contributed by atoms with E-state index in [9.17, 15) is 0 Å². The van der Waals surface area contributed by atoms with Crippen LogP contribution in [0.2, 0.25) is 0 Å². The van der Waals surface area contributed by atoms with Crippen molar-refractivity contribution in [1.29, 1.82) is 0 Å². The van der Waals surface area contributed by atoms with E-state index in [1.54, 1.807) is 13.4 Å². The smallest absolute Gasteiger partial charge is 0.169 e. The van der Waals surface area contributed by atoms with Crippen molar-refractivity contribution in [3.05, 3.63) is 12.2 Å². The van der Waals surface area contributed by atoms with E-state index in [4.69, 9.17) is 17.0 Å². The minimum absolute atomic E-state index is 0.215. The predicted molar refractivity (Wildman–Crippen MR) is 67.5 cm³/mol. The molecule has 0 saturated carbocycles. The largest absolute Gasteiger partial charge is 0.383 e. The highest BCUT2D eigenvalue weighted by Gasteiger charge is 2.20. The highest BCUT2D eigenvalue weighted by Crippen LogP contribution is 2.09. The maximum absolute atomic E-state index is 5.37. The van der Waals surface area contributed by atoms with Gasteiger partial charge in [0.05, 0.1) is 13.2 Å². The topological polar surface area (TPSA) is 55.2 Å². The van der Waals surface area contributed by atoms with Crippen molar-refractivity contribution in [2.24, 2.45) is 0 Å². The SMILES string of the molecule is COCC(C)NC(=S)N1CCn2cnnc2C1. The van der Waals surface area contributed by atoms with Gasteiger partial charge in [0.1, 0.15) is 6.33 Å². The summed E-state index contributed by atoms with van der Waals surface area (Å²) in [5.74, 6) is 0.958. The Bertz CT molecular complexity index is 394. The number of nitrogens with zero attached hydrogens (tertiary/aromatic N) is 4. The van der Waals surface area contributed by atoms with Crippen LogP contribution in [0, 0.1) is 0 Å². The average molecular weight is 255 g/mol. The number of ether oxygens (including phenoxy) is 1. The quantitative estimate of drug-likeness (QED) is 0.768. The third-order valence-electron chi connectivity index (χ3n) is 2.71. The molecule has 2 heterocycles. The van der Waals surface area contributed by atoms with Crippen LogP contribution < -0.4 is 5.32 Å². The van der Waals surface area contributed by atoms with Crippen molar-refractivity contribution >= 4 is 17.3 Å². The molecule has 6 nitrogen and oxygen atoms in total. The zero-order valence-electron chi connectivity index (χ0n) is 10.1. The molecule has 1 aromatic heterocycles. The van der Waals surface area contributed by atoms with Crippen LogP contribution in [-0.4, -0.2) is 51.1 Å². The number of fused-ring (bicyclic) bond motifs is 1. The molecule has 94 valence electrons. The number of aromatic nitrogens is 3. The van der Waals surface area contributed by atoms with E-state index < -0.39 is 0 Å². The fraction of sp³-hybridized carbons (Fsp3) is 0.700. The molecule has 1 aromatic rings. The Kier molecular flexibility index (Phi) is 3.90. The van der Waals surface area contributed by atoms with Crippen molar-refractivity contribution in [3.63, 3.8) is 0 Å². The molecule has 7 heteroatoms. The van der Waals surface area contributed by atoms with Gasteiger partial charge in [-0.05, 0) is 19.1 Å². The van der Waals surface area contributed by atoms with Gasteiger partial charge in [-0.2, -0.15) is 0 Å². The summed E-state index contributed by atoms with van der Waals surface area (Å²) >= 11 is 5.37. The minimum Gasteiger partial charge on any atom is -0.383 e. The monoisotopic (exact) mass is 255 g/mol. The molecule has 0 aliphatic carbocycles. The standard InChI is InChI=1S/C10H17N5OS/c1-8(6-16-2)12-10(17)14-3-4-15-7-11-13-9(15)5-14/h7-8H,3-6H2,1-2H3,(H,12,17). The molecule has 2 rings (SSSR count). The normalized spacial score (nSPS) is 16.5. The Labute approximate surface area is 106 Å². The van der Waals surface area contributed by atoms with Gasteiger partial charge >= 0.3 is 0 Å². The Morgan fingerprint density at radius 1 is 1.65 bits per heavy atom. The third-order valence-corrected chi connectivity index (χ3v) is 3.09. The molecule has 0 saturated heterocycles. The second kappa shape index (κ2) is 5.42. The predicted octanol–water partition coefficient (Wildman–Crippen LogP) is 0.00310. The van der Waals surface area contributed by atoms with Crippen molar-refractivity contribution in [2.45, 2.75) is 26.1 Å². The zero-order valence-corrected chi connectivity index (χ0v) is 10.9. The molecule has 0 amide bonds. The number of hydrogen-bond donors (Lipinski definition) is 1. The Morgan fingerprint density at radius 2 is 2.47 bits per heavy atom. The summed E-state index contributed by atoms with van der Waals surface area (Å²) in [4.78, 5) is 2.10. The number of methoxy groups -OCH3 is 1. The third kappa shape index (κ3) is 2.92. The van der Waals surface area contributed by atoms with Crippen LogP contribution >= 0.6 is 12.2 Å². The summed E-state index contributed by atoms with van der Waals surface area (Å²) in [5.41, 5.74) is 0. The molecule has 1 atom stereocenters. The van der Waals surface area contributed by atoms with Crippen LogP contribution in [0.1, 0.15) is 12.7 Å². The van der Waals surface area contributed by atoms with Crippen LogP contribution in [0.4, 0.5) is 0 Å². The molecule has 0 aromatic carbocycles. The van der Waals surface area contributed by atoms with Crippen LogP contribution in [0.5, 0.6) is 0 Å². The van der Waals surface area contributed by atoms with Crippen LogP contribution in [0.25, 0.3) is 0 Å². The van der Waals surface area contributed by atoms with Crippen molar-refractivity contribution < 1.29 is 4.74 Å². The maximum atomic E-state index is 5.37. The van der Waals surface area contributed by atoms with Gasteiger partial charge < -0.3 is 19.5 Å². The van der Waals surface area contributed by atoms with Gasteiger partial charge in [-0.25, -0.2) is 0 Å². The number of nitrogens with one attached hydrogen (secondary N) is 1. The lowest BCUT2D eigenvalue weighted by Gasteiger charge is -2.30. The van der Waals surface area contributed by atoms with Crippen LogP contribution in [-0.2, 0) is 17.8 Å². The first kappa shape index (κ1) is 12.3. The van der Waals surface area contributed by atoms with Crippen molar-refractivity contribution in [1.82, 2.24) is 25.0 Å². The molecule has 1 N–H and O–H groups in total. The summed E-state index contributed by atoms with van der Waals surface area (Å²) in [6.07, 6.45) is 1.76. The Balaban J connectivity index is 1.90. The molecule has 0 bridgehead atoms. The van der Waals surface area contributed by atoms with E-state index in [0.717, 1.165) is 24.0 Å². The molecule has 1 aliphatic rings. The molecular weight excluding hydrogens is 238 g/mol. The second-order valence-electron chi connectivity index (χ2n) is 4.17. The van der Waals surface area contributed by atoms with Crippen molar-refractivity contribution in [3.8, 4) is 0 Å². The zero-order chi connectivity index (χ0) is 12.3. The molecule has 0 radical (unpaired) electrons. The fourth-order valence-electron chi connectivity index (χ4n) is 1.83. The molecular formula is C10H17N5OS. The fourth-order valence-corrected chi connectivity index (χ4v) is 2.19. The minimum atomic E-state index is 0.215. The van der Waals surface area contributed by atoms with E-state index in [2.05, 4.69) is 25.0 Å². The first-order valence-corrected chi connectivity index (χ1v) is 6.02. The number of rotatable bonds is 3. The van der Waals surface area contributed by atoms with Gasteiger partial charge in [0.2, 0.25) is 0 Å². The summed E-state index contributed by atoms with van der Waals surface area (Å²) in [6, 6.07) is 0.215. The molecule has 1 unspecified atom stereocenters. The first-order valence-electron chi connectivity index (χ1n) is 5.61. The summed E-state index contributed by atoms with van der Waals surface area (Å²) in [7, 11) is 1.69. The van der Waals surface area contributed by atoms with Crippen LogP contribution in [0.3, 0.4) is 0 Å². The Morgan fingerprint density at radius 3 is 3.24 bits per heavy atom. The second-order valence-corrected chi connectivity index (χ2v) is 4.55. The molecule has 0 spiro atoms. The van der Waals surface area contributed by atoms with Crippen LogP contribution in [0.15, 0.2) is 6.33 Å². The van der Waals surface area contributed by atoms with Gasteiger partial charge in [0.15, 0.2) is 10.9 Å². The van der Waals surface area contributed by atoms with Gasteiger partial charge in [-0.15, -0.1) is 10.2 Å². The lowest BCUT2D eigenvalue weighted by Crippen LogP contribution is -2.47. The highest BCUT2D eigenvalue weighted by atomic mass is 32.1. The summed E-state index contributed by atoms with van der Waals surface area (Å²) in [5, 5.41) is 12.0. The first-order chi connectivity index (χ1) is 8.20. The van der Waals surface area contributed by atoms with E-state index in [1.807, 2.05) is 6.92 Å². The van der Waals surface area contributed by atoms with Gasteiger partial charge in [0, 0.05) is 26.2 Å². The van der Waals surface area contributed by atoms with E-state index in [-0.39, 0.29) is 6.04 Å². The molecule has 17 heavy (non-hydrogen) atoms. The van der Waals surface area contributed by atoms with Gasteiger partial charge in [-0.3, -0.25) is 0 Å². The summed E-state index contributed by atoms with van der Waals surface area (Å²) in [6.45, 7) is 5.16.